The molecule has 9 atom stereocenters. The second-order valence-corrected chi connectivity index (χ2v) is 13.4. The maximum absolute atomic E-state index is 10.8. The van der Waals surface area contributed by atoms with Crippen molar-refractivity contribution in [1.29, 1.82) is 0 Å². The normalized spacial score (nSPS) is 48.0. The predicted molar refractivity (Wildman–Crippen MR) is 130 cm³/mol. The van der Waals surface area contributed by atoms with E-state index in [1.807, 2.05) is 0 Å². The number of rotatable bonds is 6. The van der Waals surface area contributed by atoms with E-state index in [-0.39, 0.29) is 23.5 Å². The maximum atomic E-state index is 10.8. The Morgan fingerprint density at radius 3 is 2.29 bits per heavy atom. The molecule has 2 heteroatoms. The fourth-order valence-corrected chi connectivity index (χ4v) is 9.38. The molecule has 0 aliphatic heterocycles. The number of hydrogen-bond donors (Lipinski definition) is 2. The molecule has 0 heterocycles. The first-order chi connectivity index (χ1) is 14.6. The molecule has 0 spiro atoms. The highest BCUT2D eigenvalue weighted by atomic mass is 16.3. The Morgan fingerprint density at radius 1 is 0.935 bits per heavy atom. The summed E-state index contributed by atoms with van der Waals surface area (Å²) in [5, 5.41) is 21.1. The van der Waals surface area contributed by atoms with Gasteiger partial charge < -0.3 is 10.2 Å². The van der Waals surface area contributed by atoms with Gasteiger partial charge in [0.25, 0.3) is 0 Å². The maximum Gasteiger partial charge on any atom is 0.0618 e. The summed E-state index contributed by atoms with van der Waals surface area (Å²) in [7, 11) is 0. The molecule has 0 radical (unpaired) electrons. The van der Waals surface area contributed by atoms with Gasteiger partial charge >= 0.3 is 0 Å². The minimum absolute atomic E-state index is 0.113. The Bertz CT molecular complexity index is 682. The summed E-state index contributed by atoms with van der Waals surface area (Å²) >= 11 is 0. The third kappa shape index (κ3) is 3.67. The van der Waals surface area contributed by atoms with Crippen LogP contribution in [0.3, 0.4) is 0 Å². The molecule has 0 aromatic heterocycles. The van der Waals surface area contributed by atoms with Gasteiger partial charge in [-0.2, -0.15) is 0 Å². The molecular weight excluding hydrogens is 380 g/mol. The van der Waals surface area contributed by atoms with Gasteiger partial charge in [0.05, 0.1) is 12.7 Å². The number of fused-ring (bicyclic) bond motifs is 5. The van der Waals surface area contributed by atoms with E-state index in [0.29, 0.717) is 17.3 Å². The quantitative estimate of drug-likeness (QED) is 0.445. The van der Waals surface area contributed by atoms with Gasteiger partial charge in [-0.15, -0.1) is 0 Å². The molecule has 3 saturated carbocycles. The van der Waals surface area contributed by atoms with E-state index in [1.165, 1.54) is 44.9 Å². The number of hydrogen-bond acceptors (Lipinski definition) is 2. The molecule has 178 valence electrons. The number of aliphatic hydroxyl groups is 2. The second kappa shape index (κ2) is 8.46. The number of allylic oxidation sites excluding steroid dienone is 2. The van der Waals surface area contributed by atoms with Crippen molar-refractivity contribution in [3.63, 3.8) is 0 Å². The van der Waals surface area contributed by atoms with Gasteiger partial charge in [-0.3, -0.25) is 0 Å². The van der Waals surface area contributed by atoms with Gasteiger partial charge in [0.2, 0.25) is 0 Å². The predicted octanol–water partition coefficient (Wildman–Crippen LogP) is 7.00. The molecule has 4 aliphatic rings. The smallest absolute Gasteiger partial charge is 0.0618 e. The highest BCUT2D eigenvalue weighted by Crippen LogP contribution is 2.68. The van der Waals surface area contributed by atoms with Crippen LogP contribution in [0.5, 0.6) is 0 Å². The van der Waals surface area contributed by atoms with E-state index in [4.69, 9.17) is 0 Å². The molecule has 4 rings (SSSR count). The zero-order valence-corrected chi connectivity index (χ0v) is 21.3. The highest BCUT2D eigenvalue weighted by Gasteiger charge is 2.61. The average Bonchev–Trinajstić information content (AvgIpc) is 3.08. The largest absolute Gasteiger partial charge is 0.396 e. The Balaban J connectivity index is 1.56. The molecule has 0 saturated heterocycles. The highest BCUT2D eigenvalue weighted by molar-refractivity contribution is 5.29. The standard InChI is InChI=1S/C29H50O2/c1-19(2)8-7-9-20(3)22-11-12-23-21-10-13-25-28(5,24(21)14-16-27(22,23)4)17-15-26(31)29(25,6)18-30/h10,19-20,22-26,30-31H,7-9,11-18H2,1-6H3/t20-,22-,23+,24+,25-,26+,27-,28-,29-/m1/s1. The van der Waals surface area contributed by atoms with Crippen molar-refractivity contribution in [3.8, 4) is 0 Å². The summed E-state index contributed by atoms with van der Waals surface area (Å²) in [5.74, 6) is 4.40. The van der Waals surface area contributed by atoms with Gasteiger partial charge in [-0.25, -0.2) is 0 Å². The van der Waals surface area contributed by atoms with Crippen LogP contribution in [0.1, 0.15) is 106 Å². The molecular formula is C29H50O2. The minimum atomic E-state index is -0.359. The third-order valence-corrected chi connectivity index (χ3v) is 11.3. The molecule has 0 unspecified atom stereocenters. The summed E-state index contributed by atoms with van der Waals surface area (Å²) in [6.45, 7) is 14.7. The summed E-state index contributed by atoms with van der Waals surface area (Å²) in [6, 6.07) is 0. The fourth-order valence-electron chi connectivity index (χ4n) is 9.38. The van der Waals surface area contributed by atoms with Gasteiger partial charge in [0.15, 0.2) is 0 Å². The molecule has 0 aromatic rings. The van der Waals surface area contributed by atoms with Gasteiger partial charge in [-0.1, -0.05) is 72.5 Å². The molecule has 0 amide bonds. The van der Waals surface area contributed by atoms with Crippen LogP contribution < -0.4 is 0 Å². The minimum Gasteiger partial charge on any atom is -0.396 e. The van der Waals surface area contributed by atoms with E-state index >= 15 is 0 Å². The fraction of sp³-hybridized carbons (Fsp3) is 0.931. The first kappa shape index (κ1) is 23.8. The van der Waals surface area contributed by atoms with Crippen molar-refractivity contribution in [2.75, 3.05) is 6.61 Å². The van der Waals surface area contributed by atoms with Gasteiger partial charge in [-0.05, 0) is 91.3 Å². The van der Waals surface area contributed by atoms with Crippen molar-refractivity contribution in [3.05, 3.63) is 11.6 Å². The molecule has 31 heavy (non-hydrogen) atoms. The lowest BCUT2D eigenvalue weighted by Gasteiger charge is -2.62. The van der Waals surface area contributed by atoms with Crippen LogP contribution in [-0.4, -0.2) is 22.9 Å². The molecule has 4 aliphatic carbocycles. The summed E-state index contributed by atoms with van der Waals surface area (Å²) in [6.07, 6.45) is 14.9. The SMILES string of the molecule is CC(C)CCC[C@@H](C)[C@H]1CC[C@H]2C3=CC[C@@H]4[C@](C)(CC[C@H](O)[C@]4(C)CO)[C@H]3CC[C@]12C. The molecule has 2 N–H and O–H groups in total. The van der Waals surface area contributed by atoms with E-state index < -0.39 is 0 Å². The van der Waals surface area contributed by atoms with Crippen molar-refractivity contribution < 1.29 is 10.2 Å². The van der Waals surface area contributed by atoms with Crippen LogP contribution >= 0.6 is 0 Å². The Morgan fingerprint density at radius 2 is 1.61 bits per heavy atom. The van der Waals surface area contributed by atoms with Crippen LogP contribution in [0.2, 0.25) is 0 Å². The van der Waals surface area contributed by atoms with E-state index in [9.17, 15) is 10.2 Å². The van der Waals surface area contributed by atoms with Crippen molar-refractivity contribution >= 4 is 0 Å². The summed E-state index contributed by atoms with van der Waals surface area (Å²) in [5.41, 5.74) is 2.17. The van der Waals surface area contributed by atoms with Crippen molar-refractivity contribution in [2.24, 2.45) is 51.8 Å². The Hall–Kier alpha value is -0.340. The average molecular weight is 431 g/mol. The lowest BCUT2D eigenvalue weighted by molar-refractivity contribution is -0.151. The van der Waals surface area contributed by atoms with E-state index in [1.54, 1.807) is 5.57 Å². The van der Waals surface area contributed by atoms with Crippen LogP contribution in [0.25, 0.3) is 0 Å². The van der Waals surface area contributed by atoms with Crippen LogP contribution in [0.15, 0.2) is 11.6 Å². The molecule has 3 fully saturated rings. The molecule has 0 bridgehead atoms. The zero-order valence-electron chi connectivity index (χ0n) is 21.3. The topological polar surface area (TPSA) is 40.5 Å². The zero-order chi connectivity index (χ0) is 22.6. The summed E-state index contributed by atoms with van der Waals surface area (Å²) in [4.78, 5) is 0. The Labute approximate surface area is 192 Å². The van der Waals surface area contributed by atoms with Crippen LogP contribution in [-0.2, 0) is 0 Å². The number of aliphatic hydroxyl groups excluding tert-OH is 2. The first-order valence-electron chi connectivity index (χ1n) is 13.6. The van der Waals surface area contributed by atoms with Gasteiger partial charge in [0.1, 0.15) is 0 Å². The molecule has 2 nitrogen and oxygen atoms in total. The van der Waals surface area contributed by atoms with Crippen molar-refractivity contribution in [2.45, 2.75) is 112 Å². The van der Waals surface area contributed by atoms with Crippen LogP contribution in [0, 0.1) is 51.8 Å². The monoisotopic (exact) mass is 430 g/mol. The second-order valence-electron chi connectivity index (χ2n) is 13.4. The first-order valence-corrected chi connectivity index (χ1v) is 13.6. The van der Waals surface area contributed by atoms with E-state index in [2.05, 4.69) is 47.6 Å². The third-order valence-electron chi connectivity index (χ3n) is 11.3. The lowest BCUT2D eigenvalue weighted by Crippen LogP contribution is -2.58. The Kier molecular flexibility index (Phi) is 6.50. The van der Waals surface area contributed by atoms with Crippen molar-refractivity contribution in [1.82, 2.24) is 0 Å². The van der Waals surface area contributed by atoms with Gasteiger partial charge in [0, 0.05) is 5.41 Å². The molecule has 0 aromatic carbocycles. The lowest BCUT2D eigenvalue weighted by atomic mass is 9.43. The van der Waals surface area contributed by atoms with Crippen LogP contribution in [0.4, 0.5) is 0 Å². The summed E-state index contributed by atoms with van der Waals surface area (Å²) < 4.78 is 0. The van der Waals surface area contributed by atoms with E-state index in [0.717, 1.165) is 42.9 Å².